The minimum Gasteiger partial charge on any atom is -0.495 e. The average Bonchev–Trinajstić information content (AvgIpc) is 3.34. The monoisotopic (exact) mass is 552 g/mol. The Morgan fingerprint density at radius 3 is 2.47 bits per heavy atom. The number of hydrogen-bond acceptors (Lipinski definition) is 9. The zero-order chi connectivity index (χ0) is 26.9. The quantitative estimate of drug-likeness (QED) is 0.256. The van der Waals surface area contributed by atoms with Crippen molar-refractivity contribution >= 4 is 60.4 Å². The van der Waals surface area contributed by atoms with Gasteiger partial charge in [-0.05, 0) is 92.7 Å². The summed E-state index contributed by atoms with van der Waals surface area (Å²) in [5.74, 6) is 2.25. The molecule has 3 N–H and O–H groups in total. The Morgan fingerprint density at radius 2 is 1.76 bits per heavy atom. The van der Waals surface area contributed by atoms with Gasteiger partial charge in [-0.25, -0.2) is 13.4 Å². The van der Waals surface area contributed by atoms with Crippen LogP contribution in [0.3, 0.4) is 0 Å². The van der Waals surface area contributed by atoms with Gasteiger partial charge in [0.25, 0.3) is 0 Å². The van der Waals surface area contributed by atoms with Gasteiger partial charge in [-0.3, -0.25) is 4.72 Å². The van der Waals surface area contributed by atoms with Crippen LogP contribution in [0.1, 0.15) is 29.9 Å². The van der Waals surface area contributed by atoms with Gasteiger partial charge >= 0.3 is 0 Å². The van der Waals surface area contributed by atoms with Crippen molar-refractivity contribution in [3.05, 3.63) is 59.0 Å². The maximum atomic E-state index is 11.9. The number of likely N-dealkylation sites (tertiary alicyclic amines) is 1. The van der Waals surface area contributed by atoms with E-state index in [1.807, 2.05) is 17.5 Å². The number of nitrogens with zero attached hydrogens (tertiary/aromatic N) is 3. The lowest BCUT2D eigenvalue weighted by Crippen LogP contribution is -2.29. The molecule has 1 fully saturated rings. The van der Waals surface area contributed by atoms with E-state index in [2.05, 4.69) is 46.4 Å². The fraction of sp³-hybridized carbons (Fsp3) is 0.333. The predicted molar refractivity (Wildman–Crippen MR) is 156 cm³/mol. The van der Waals surface area contributed by atoms with E-state index in [1.165, 1.54) is 22.5 Å². The summed E-state index contributed by atoms with van der Waals surface area (Å²) >= 11 is 1.51. The molecule has 9 nitrogen and oxygen atoms in total. The number of thiophene rings is 1. The maximum absolute atomic E-state index is 11.9. The average molecular weight is 553 g/mol. The molecule has 38 heavy (non-hydrogen) atoms. The first-order chi connectivity index (χ1) is 18.2. The van der Waals surface area contributed by atoms with Crippen LogP contribution in [-0.4, -0.2) is 56.8 Å². The maximum Gasteiger partial charge on any atom is 0.229 e. The first-order valence-electron chi connectivity index (χ1n) is 12.4. The molecule has 0 atom stereocenters. The molecule has 1 saturated heterocycles. The normalized spacial score (nSPS) is 14.9. The molecule has 0 spiro atoms. The number of anilines is 5. The number of methoxy groups -OCH3 is 1. The number of piperidine rings is 1. The van der Waals surface area contributed by atoms with Gasteiger partial charge in [0.1, 0.15) is 5.75 Å². The van der Waals surface area contributed by atoms with Crippen molar-refractivity contribution < 1.29 is 13.2 Å². The zero-order valence-corrected chi connectivity index (χ0v) is 23.5. The van der Waals surface area contributed by atoms with E-state index in [1.54, 1.807) is 25.3 Å². The van der Waals surface area contributed by atoms with E-state index in [0.717, 1.165) is 53.8 Å². The molecule has 11 heteroatoms. The number of nitrogens with one attached hydrogen (secondary N) is 3. The van der Waals surface area contributed by atoms with E-state index < -0.39 is 10.0 Å². The Bertz CT molecular complexity index is 1560. The molecule has 5 rings (SSSR count). The summed E-state index contributed by atoms with van der Waals surface area (Å²) in [6.07, 6.45) is 3.40. The lowest BCUT2D eigenvalue weighted by Gasteiger charge is -2.30. The molecule has 2 aromatic heterocycles. The Hall–Kier alpha value is -3.41. The van der Waals surface area contributed by atoms with Crippen molar-refractivity contribution in [2.75, 3.05) is 48.9 Å². The van der Waals surface area contributed by atoms with Gasteiger partial charge in [0, 0.05) is 0 Å². The van der Waals surface area contributed by atoms with Gasteiger partial charge < -0.3 is 20.3 Å². The highest BCUT2D eigenvalue weighted by Crippen LogP contribution is 2.38. The van der Waals surface area contributed by atoms with E-state index in [9.17, 15) is 8.42 Å². The molecule has 1 aliphatic heterocycles. The number of aryl methyl sites for hydroxylation is 1. The highest BCUT2D eigenvalue weighted by atomic mass is 32.2. The molecule has 1 aliphatic rings. The first kappa shape index (κ1) is 26.2. The van der Waals surface area contributed by atoms with Crippen molar-refractivity contribution in [1.29, 1.82) is 0 Å². The molecule has 0 amide bonds. The van der Waals surface area contributed by atoms with Gasteiger partial charge in [0.15, 0.2) is 5.82 Å². The third kappa shape index (κ3) is 5.85. The van der Waals surface area contributed by atoms with Gasteiger partial charge in [0.05, 0.1) is 40.6 Å². The number of para-hydroxylation sites is 2. The fourth-order valence-electron chi connectivity index (χ4n) is 4.86. The minimum absolute atomic E-state index is 0.414. The van der Waals surface area contributed by atoms with E-state index in [0.29, 0.717) is 29.1 Å². The largest absolute Gasteiger partial charge is 0.495 e. The molecule has 200 valence electrons. The van der Waals surface area contributed by atoms with Crippen molar-refractivity contribution in [3.63, 3.8) is 0 Å². The molecule has 3 heterocycles. The van der Waals surface area contributed by atoms with Crippen LogP contribution in [0, 0.1) is 6.92 Å². The van der Waals surface area contributed by atoms with Gasteiger partial charge in [0.2, 0.25) is 16.0 Å². The first-order valence-corrected chi connectivity index (χ1v) is 15.2. The summed E-state index contributed by atoms with van der Waals surface area (Å²) < 4.78 is 33.0. The van der Waals surface area contributed by atoms with Crippen molar-refractivity contribution in [2.45, 2.75) is 25.7 Å². The summed E-state index contributed by atoms with van der Waals surface area (Å²) in [5, 5.41) is 8.62. The Kier molecular flexibility index (Phi) is 7.42. The highest BCUT2D eigenvalue weighted by molar-refractivity contribution is 7.92. The lowest BCUT2D eigenvalue weighted by atomic mass is 9.86. The Labute approximate surface area is 227 Å². The highest BCUT2D eigenvalue weighted by Gasteiger charge is 2.22. The van der Waals surface area contributed by atoms with E-state index in [4.69, 9.17) is 14.7 Å². The lowest BCUT2D eigenvalue weighted by molar-refractivity contribution is 0.255. The second-order valence-corrected chi connectivity index (χ2v) is 12.4. The van der Waals surface area contributed by atoms with Gasteiger partial charge in [-0.1, -0.05) is 12.1 Å². The second kappa shape index (κ2) is 10.8. The van der Waals surface area contributed by atoms with E-state index in [-0.39, 0.29) is 0 Å². The summed E-state index contributed by atoms with van der Waals surface area (Å²) in [6.45, 7) is 4.33. The Morgan fingerprint density at radius 1 is 1.03 bits per heavy atom. The van der Waals surface area contributed by atoms with Crippen LogP contribution in [0.25, 0.3) is 10.2 Å². The molecular weight excluding hydrogens is 520 g/mol. The van der Waals surface area contributed by atoms with Crippen LogP contribution in [0.15, 0.2) is 47.8 Å². The number of ether oxygens (including phenoxy) is 1. The topological polar surface area (TPSA) is 108 Å². The van der Waals surface area contributed by atoms with Gasteiger partial charge in [-0.2, -0.15) is 4.98 Å². The SMILES string of the molecule is COc1cc(C2CCN(C)CC2)c(C)cc1Nc1nc(Nc2ccccc2NS(C)(=O)=O)c2sccc2n1. The number of benzene rings is 2. The van der Waals surface area contributed by atoms with Crippen molar-refractivity contribution in [1.82, 2.24) is 14.9 Å². The van der Waals surface area contributed by atoms with Crippen LogP contribution in [0.2, 0.25) is 0 Å². The molecule has 0 radical (unpaired) electrons. The summed E-state index contributed by atoms with van der Waals surface area (Å²) in [7, 11) is 0.400. The Balaban J connectivity index is 1.47. The molecule has 0 unspecified atom stereocenters. The molecule has 2 aromatic carbocycles. The number of aromatic nitrogens is 2. The summed E-state index contributed by atoms with van der Waals surface area (Å²) in [4.78, 5) is 11.9. The van der Waals surface area contributed by atoms with Crippen molar-refractivity contribution in [3.8, 4) is 5.75 Å². The van der Waals surface area contributed by atoms with E-state index >= 15 is 0 Å². The standard InChI is InChI=1S/C27H32N6O3S2/c1-17-15-23(24(36-3)16-19(17)18-9-12-33(2)13-10-18)30-27-29-22-11-14-37-25(22)26(31-27)28-20-7-5-6-8-21(20)32-38(4,34)35/h5-8,11,14-16,18,32H,9-10,12-13H2,1-4H3,(H2,28,29,30,31). The fourth-order valence-corrected chi connectivity index (χ4v) is 6.22. The zero-order valence-electron chi connectivity index (χ0n) is 21.9. The summed E-state index contributed by atoms with van der Waals surface area (Å²) in [5.41, 5.74) is 5.14. The number of sulfonamides is 1. The molecular formula is C27H32N6O3S2. The molecule has 0 saturated carbocycles. The van der Waals surface area contributed by atoms with Crippen LogP contribution in [0.4, 0.5) is 28.8 Å². The predicted octanol–water partition coefficient (Wildman–Crippen LogP) is 5.68. The number of rotatable bonds is 8. The smallest absolute Gasteiger partial charge is 0.229 e. The second-order valence-electron chi connectivity index (χ2n) is 9.69. The van der Waals surface area contributed by atoms with Crippen LogP contribution >= 0.6 is 11.3 Å². The van der Waals surface area contributed by atoms with Gasteiger partial charge in [-0.15, -0.1) is 11.3 Å². The number of fused-ring (bicyclic) bond motifs is 1. The van der Waals surface area contributed by atoms with Crippen LogP contribution in [0.5, 0.6) is 5.75 Å². The molecule has 4 aromatic rings. The van der Waals surface area contributed by atoms with Crippen LogP contribution < -0.4 is 20.1 Å². The molecule has 0 bridgehead atoms. The van der Waals surface area contributed by atoms with Crippen LogP contribution in [-0.2, 0) is 10.0 Å². The minimum atomic E-state index is -3.45. The third-order valence-corrected chi connectivity index (χ3v) is 8.27. The number of hydrogen-bond donors (Lipinski definition) is 3. The summed E-state index contributed by atoms with van der Waals surface area (Å²) in [6, 6.07) is 13.3. The molecule has 0 aliphatic carbocycles. The third-order valence-electron chi connectivity index (χ3n) is 6.77. The van der Waals surface area contributed by atoms with Crippen molar-refractivity contribution in [2.24, 2.45) is 0 Å².